The molecule has 13 nitrogen and oxygen atoms in total. The van der Waals surface area contributed by atoms with Gasteiger partial charge >= 0.3 is 6.09 Å². The monoisotopic (exact) mass is 543 g/mol. The maximum atomic E-state index is 13.2. The van der Waals surface area contributed by atoms with Crippen LogP contribution in [-0.2, 0) is 4.79 Å². The van der Waals surface area contributed by atoms with Gasteiger partial charge in [-0.1, -0.05) is 13.0 Å². The number of benzene rings is 2. The van der Waals surface area contributed by atoms with Crippen LogP contribution >= 0.6 is 0 Å². The summed E-state index contributed by atoms with van der Waals surface area (Å²) < 4.78 is 0. The molecule has 0 saturated heterocycles. The van der Waals surface area contributed by atoms with Gasteiger partial charge in [-0.25, -0.2) is 9.78 Å². The van der Waals surface area contributed by atoms with E-state index in [1.54, 1.807) is 30.5 Å². The molecule has 0 aliphatic heterocycles. The van der Waals surface area contributed by atoms with Crippen molar-refractivity contribution >= 4 is 57.6 Å². The summed E-state index contributed by atoms with van der Waals surface area (Å²) in [5.74, 6) is -0.285. The molecule has 1 atom stereocenters. The molecule has 0 saturated carbocycles. The van der Waals surface area contributed by atoms with E-state index in [4.69, 9.17) is 5.11 Å². The first-order chi connectivity index (χ1) is 19.2. The molecule has 2 heterocycles. The number of nitrogens with one attached hydrogen (secondary N) is 4. The minimum Gasteiger partial charge on any atom is -0.465 e. The molecule has 0 radical (unpaired) electrons. The van der Waals surface area contributed by atoms with Crippen molar-refractivity contribution in [2.75, 3.05) is 34.9 Å². The highest BCUT2D eigenvalue weighted by molar-refractivity contribution is 6.07. The summed E-state index contributed by atoms with van der Waals surface area (Å²) in [6.45, 7) is 4.07. The fourth-order valence-electron chi connectivity index (χ4n) is 3.64. The molecule has 4 aromatic rings. The van der Waals surface area contributed by atoms with Crippen molar-refractivity contribution in [3.05, 3.63) is 66.5 Å². The average molecular weight is 544 g/mol. The number of amides is 3. The third kappa shape index (κ3) is 6.75. The van der Waals surface area contributed by atoms with Crippen LogP contribution in [0.3, 0.4) is 0 Å². The summed E-state index contributed by atoms with van der Waals surface area (Å²) in [5.41, 5.74) is 2.57. The predicted octanol–water partition coefficient (Wildman–Crippen LogP) is 4.17. The highest BCUT2D eigenvalue weighted by Gasteiger charge is 2.22. The number of hydrogen-bond donors (Lipinski definition) is 5. The second kappa shape index (κ2) is 12.5. The molecule has 0 fully saturated rings. The molecule has 0 aliphatic carbocycles. The zero-order chi connectivity index (χ0) is 28.6. The predicted molar refractivity (Wildman–Crippen MR) is 152 cm³/mol. The van der Waals surface area contributed by atoms with Gasteiger partial charge in [0.1, 0.15) is 17.4 Å². The first-order valence-electron chi connectivity index (χ1n) is 12.5. The topological polar surface area (TPSA) is 174 Å². The van der Waals surface area contributed by atoms with Gasteiger partial charge in [-0.05, 0) is 55.8 Å². The maximum Gasteiger partial charge on any atom is 0.407 e. The number of aromatic nitrogens is 4. The van der Waals surface area contributed by atoms with Crippen molar-refractivity contribution in [1.82, 2.24) is 25.1 Å². The van der Waals surface area contributed by atoms with E-state index in [0.717, 1.165) is 27.9 Å². The molecule has 2 aromatic carbocycles. The van der Waals surface area contributed by atoms with E-state index in [0.29, 0.717) is 29.7 Å². The lowest BCUT2D eigenvalue weighted by Gasteiger charge is -2.21. The SMILES string of the molecule is CCCNc1nc(Nc2ccc3nnccc3c2)ncc1C(=O)Nc1cccc(NC(=O)C(C)N(C)C(=O)O)c1. The Hall–Kier alpha value is -5.33. The van der Waals surface area contributed by atoms with Crippen LogP contribution in [0, 0.1) is 0 Å². The first-order valence-corrected chi connectivity index (χ1v) is 12.5. The van der Waals surface area contributed by atoms with Gasteiger partial charge in [-0.15, -0.1) is 0 Å². The molecule has 5 N–H and O–H groups in total. The molecule has 3 amide bonds. The molecule has 0 bridgehead atoms. The van der Waals surface area contributed by atoms with Gasteiger partial charge in [0.2, 0.25) is 11.9 Å². The number of carbonyl (C=O) groups excluding carboxylic acids is 2. The Balaban J connectivity index is 1.49. The van der Waals surface area contributed by atoms with E-state index in [1.165, 1.54) is 20.2 Å². The van der Waals surface area contributed by atoms with Crippen LogP contribution in [0.25, 0.3) is 10.9 Å². The number of anilines is 5. The number of carboxylic acid groups (broad SMARTS) is 1. The average Bonchev–Trinajstić information content (AvgIpc) is 2.95. The van der Waals surface area contributed by atoms with Crippen LogP contribution in [0.1, 0.15) is 30.6 Å². The Labute approximate surface area is 230 Å². The molecule has 206 valence electrons. The van der Waals surface area contributed by atoms with Gasteiger partial charge < -0.3 is 26.4 Å². The molecule has 2 aromatic heterocycles. The van der Waals surface area contributed by atoms with Gasteiger partial charge in [0, 0.05) is 42.2 Å². The van der Waals surface area contributed by atoms with E-state index in [2.05, 4.69) is 41.4 Å². The Kier molecular flexibility index (Phi) is 8.64. The number of nitrogens with zero attached hydrogens (tertiary/aromatic N) is 5. The van der Waals surface area contributed by atoms with Crippen LogP contribution < -0.4 is 21.3 Å². The smallest absolute Gasteiger partial charge is 0.407 e. The highest BCUT2D eigenvalue weighted by atomic mass is 16.4. The zero-order valence-electron chi connectivity index (χ0n) is 22.2. The Morgan fingerprint density at radius 2 is 1.80 bits per heavy atom. The normalized spacial score (nSPS) is 11.4. The quantitative estimate of drug-likeness (QED) is 0.195. The third-order valence-electron chi connectivity index (χ3n) is 6.00. The van der Waals surface area contributed by atoms with E-state index in [9.17, 15) is 14.4 Å². The molecule has 4 rings (SSSR count). The first kappa shape index (κ1) is 27.7. The standard InChI is InChI=1S/C27H29N9O4/c1-4-11-28-23-21(15-29-26(34-23)33-20-8-9-22-17(13-20)10-12-30-35-22)25(38)32-19-7-5-6-18(14-19)31-24(37)16(2)36(3)27(39)40/h5-10,12-16H,4,11H2,1-3H3,(H,31,37)(H,32,38)(H,39,40)(H2,28,29,33,34). The van der Waals surface area contributed by atoms with Crippen LogP contribution in [-0.4, -0.2) is 67.7 Å². The fraction of sp³-hybridized carbons (Fsp3) is 0.222. The molecule has 0 aliphatic rings. The summed E-state index contributed by atoms with van der Waals surface area (Å²) in [5, 5.41) is 29.8. The molecular formula is C27H29N9O4. The van der Waals surface area contributed by atoms with Crippen molar-refractivity contribution in [2.24, 2.45) is 0 Å². The fourth-order valence-corrected chi connectivity index (χ4v) is 3.64. The van der Waals surface area contributed by atoms with Gasteiger partial charge in [-0.3, -0.25) is 14.5 Å². The minimum absolute atomic E-state index is 0.235. The second-order valence-electron chi connectivity index (χ2n) is 8.91. The van der Waals surface area contributed by atoms with E-state index in [-0.39, 0.29) is 5.56 Å². The number of fused-ring (bicyclic) bond motifs is 1. The summed E-state index contributed by atoms with van der Waals surface area (Å²) in [6, 6.07) is 13.1. The molecule has 40 heavy (non-hydrogen) atoms. The van der Waals surface area contributed by atoms with Gasteiger partial charge in [-0.2, -0.15) is 15.2 Å². The molecule has 13 heteroatoms. The summed E-state index contributed by atoms with van der Waals surface area (Å²) in [7, 11) is 1.31. The number of hydrogen-bond acceptors (Lipinski definition) is 9. The number of carbonyl (C=O) groups is 3. The number of rotatable bonds is 10. The lowest BCUT2D eigenvalue weighted by Crippen LogP contribution is -2.42. The summed E-state index contributed by atoms with van der Waals surface area (Å²) in [4.78, 5) is 46.5. The lowest BCUT2D eigenvalue weighted by atomic mass is 10.2. The Morgan fingerprint density at radius 1 is 1.02 bits per heavy atom. The number of likely N-dealkylation sites (N-methyl/N-ethyl adjacent to an activating group) is 1. The third-order valence-corrected chi connectivity index (χ3v) is 6.00. The Morgan fingerprint density at radius 3 is 2.55 bits per heavy atom. The molecular weight excluding hydrogens is 514 g/mol. The molecule has 0 spiro atoms. The van der Waals surface area contributed by atoms with Crippen LogP contribution in [0.2, 0.25) is 0 Å². The second-order valence-corrected chi connectivity index (χ2v) is 8.91. The van der Waals surface area contributed by atoms with Crippen molar-refractivity contribution in [2.45, 2.75) is 26.3 Å². The van der Waals surface area contributed by atoms with E-state index >= 15 is 0 Å². The van der Waals surface area contributed by atoms with Crippen molar-refractivity contribution in [1.29, 1.82) is 0 Å². The van der Waals surface area contributed by atoms with E-state index < -0.39 is 23.9 Å². The van der Waals surface area contributed by atoms with Gasteiger partial charge in [0.15, 0.2) is 0 Å². The molecule has 1 unspecified atom stereocenters. The van der Waals surface area contributed by atoms with Crippen molar-refractivity contribution < 1.29 is 19.5 Å². The van der Waals surface area contributed by atoms with Gasteiger partial charge in [0.25, 0.3) is 5.91 Å². The summed E-state index contributed by atoms with van der Waals surface area (Å²) in [6.07, 6.45) is 2.65. The summed E-state index contributed by atoms with van der Waals surface area (Å²) >= 11 is 0. The van der Waals surface area contributed by atoms with Crippen LogP contribution in [0.4, 0.5) is 33.6 Å². The van der Waals surface area contributed by atoms with E-state index in [1.807, 2.05) is 31.2 Å². The van der Waals surface area contributed by atoms with Gasteiger partial charge in [0.05, 0.1) is 11.7 Å². The zero-order valence-corrected chi connectivity index (χ0v) is 22.2. The lowest BCUT2D eigenvalue weighted by molar-refractivity contribution is -0.119. The Bertz CT molecular complexity index is 1550. The van der Waals surface area contributed by atoms with Crippen LogP contribution in [0.5, 0.6) is 0 Å². The minimum atomic E-state index is -1.22. The maximum absolute atomic E-state index is 13.2. The van der Waals surface area contributed by atoms with Crippen LogP contribution in [0.15, 0.2) is 60.9 Å². The van der Waals surface area contributed by atoms with Crippen molar-refractivity contribution in [3.8, 4) is 0 Å². The highest BCUT2D eigenvalue weighted by Crippen LogP contribution is 2.23. The largest absolute Gasteiger partial charge is 0.465 e. The van der Waals surface area contributed by atoms with Crippen molar-refractivity contribution in [3.63, 3.8) is 0 Å².